The Morgan fingerprint density at radius 3 is 1.84 bits per heavy atom. The van der Waals surface area contributed by atoms with Gasteiger partial charge in [0, 0.05) is 35.6 Å². The molecule has 8 N–H and O–H groups in total. The van der Waals surface area contributed by atoms with E-state index in [-0.39, 0.29) is 61.0 Å². The highest BCUT2D eigenvalue weighted by molar-refractivity contribution is 6.59. The van der Waals surface area contributed by atoms with E-state index in [0.717, 1.165) is 55.2 Å². The lowest BCUT2D eigenvalue weighted by atomic mass is 9.85. The number of likely N-dealkylation sites (tertiary alicyclic amines) is 1. The second kappa shape index (κ2) is 23.2. The summed E-state index contributed by atoms with van der Waals surface area (Å²) in [6, 6.07) is 25.5. The summed E-state index contributed by atoms with van der Waals surface area (Å²) in [6.45, 7) is 9.48. The van der Waals surface area contributed by atoms with E-state index in [1.165, 1.54) is 16.0 Å². The second-order valence-electron chi connectivity index (χ2n) is 21.7. The smallest absolute Gasteiger partial charge is 0.255 e. The van der Waals surface area contributed by atoms with Crippen molar-refractivity contribution in [2.45, 2.75) is 140 Å². The van der Waals surface area contributed by atoms with Gasteiger partial charge in [0.15, 0.2) is 0 Å². The van der Waals surface area contributed by atoms with Gasteiger partial charge in [-0.3, -0.25) is 33.6 Å². The fourth-order valence-electron chi connectivity index (χ4n) is 10.9. The van der Waals surface area contributed by atoms with E-state index in [1.54, 1.807) is 67.4 Å². The number of carbonyl (C=O) groups is 7. The predicted molar refractivity (Wildman–Crippen MR) is 286 cm³/mol. The molecule has 0 spiro atoms. The molecule has 0 unspecified atom stereocenters. The summed E-state index contributed by atoms with van der Waals surface area (Å²) < 4.78 is 0. The van der Waals surface area contributed by atoms with Crippen LogP contribution in [0.25, 0.3) is 0 Å². The van der Waals surface area contributed by atoms with Crippen LogP contribution in [0, 0.1) is 5.41 Å². The van der Waals surface area contributed by atoms with Crippen molar-refractivity contribution in [2.24, 2.45) is 11.1 Å². The normalized spacial score (nSPS) is 21.8. The fourth-order valence-corrected chi connectivity index (χ4v) is 13.0. The molecule has 7 amide bonds. The molecule has 0 aromatic heterocycles. The van der Waals surface area contributed by atoms with Crippen molar-refractivity contribution >= 4 is 55.8 Å². The fraction of sp³-hybridized carbons (Fsp3) is 0.456. The maximum absolute atomic E-state index is 14.5. The Balaban J connectivity index is 0.867. The number of rotatable bonds is 15. The molecule has 4 aromatic rings. The second-order valence-corrected chi connectivity index (χ2v) is 24.4. The van der Waals surface area contributed by atoms with E-state index in [0.29, 0.717) is 29.0 Å². The van der Waals surface area contributed by atoms with Crippen LogP contribution in [0.15, 0.2) is 97.1 Å². The van der Waals surface area contributed by atoms with Gasteiger partial charge >= 0.3 is 0 Å². The number of benzene rings is 4. The van der Waals surface area contributed by atoms with Crippen molar-refractivity contribution in [3.63, 3.8) is 0 Å². The van der Waals surface area contributed by atoms with Crippen LogP contribution in [-0.4, -0.2) is 116 Å². The number of amides is 7. The van der Waals surface area contributed by atoms with E-state index in [1.807, 2.05) is 51.1 Å². The monoisotopic (exact) mass is 1020 g/mol. The zero-order valence-electron chi connectivity index (χ0n) is 43.5. The van der Waals surface area contributed by atoms with E-state index >= 15 is 0 Å². The van der Waals surface area contributed by atoms with Gasteiger partial charge in [-0.1, -0.05) is 88.0 Å². The molecule has 2 aliphatic carbocycles. The molecule has 4 aliphatic rings. The SMILES string of the molecule is CN[C@@H](C)C(=O)N[C@H](C(=O)N1C[C@@H](NC(=O)c2ccc(NC(=O)c3ccc(C[C@H](N)C(=O)N4C[Si](C)C[C@H]4C(=O)N[C@@H]4CCCc5ccccc54)cc3)cc2)C[C@H]1C(=O)N[C@@H]1CCCc2ccccc21)C(C)(C)C. The third-order valence-electron chi connectivity index (χ3n) is 15.2. The van der Waals surface area contributed by atoms with Crippen LogP contribution in [0.5, 0.6) is 0 Å². The number of fused-ring (bicyclic) bond motifs is 2. The van der Waals surface area contributed by atoms with Crippen molar-refractivity contribution in [1.82, 2.24) is 36.4 Å². The Labute approximate surface area is 436 Å². The van der Waals surface area contributed by atoms with Gasteiger partial charge in [-0.25, -0.2) is 0 Å². The third kappa shape index (κ3) is 12.4. The number of hydrogen-bond acceptors (Lipinski definition) is 9. The molecule has 2 fully saturated rings. The molecule has 8 rings (SSSR count). The van der Waals surface area contributed by atoms with Crippen LogP contribution in [0.2, 0.25) is 12.6 Å². The molecule has 74 heavy (non-hydrogen) atoms. The number of carbonyl (C=O) groups excluding carboxylic acids is 7. The maximum Gasteiger partial charge on any atom is 0.255 e. The Bertz CT molecular complexity index is 2730. The number of nitrogens with one attached hydrogen (secondary N) is 6. The molecule has 2 saturated heterocycles. The highest BCUT2D eigenvalue weighted by Crippen LogP contribution is 2.33. The van der Waals surface area contributed by atoms with E-state index in [9.17, 15) is 33.6 Å². The van der Waals surface area contributed by atoms with Crippen molar-refractivity contribution in [3.8, 4) is 0 Å². The maximum atomic E-state index is 14.5. The molecule has 0 saturated carbocycles. The Hall–Kier alpha value is -6.69. The van der Waals surface area contributed by atoms with Crippen LogP contribution in [0.3, 0.4) is 0 Å². The van der Waals surface area contributed by atoms with Gasteiger partial charge < -0.3 is 47.4 Å². The van der Waals surface area contributed by atoms with Gasteiger partial charge in [0.1, 0.15) is 18.1 Å². The summed E-state index contributed by atoms with van der Waals surface area (Å²) in [4.78, 5) is 99.8. The van der Waals surface area contributed by atoms with Gasteiger partial charge in [0.25, 0.3) is 11.8 Å². The molecule has 1 radical (unpaired) electrons. The molecular weight excluding hydrogens is 951 g/mol. The van der Waals surface area contributed by atoms with Crippen molar-refractivity contribution in [2.75, 3.05) is 25.1 Å². The van der Waals surface area contributed by atoms with E-state index in [2.05, 4.69) is 56.6 Å². The minimum absolute atomic E-state index is 0.0531. The van der Waals surface area contributed by atoms with Gasteiger partial charge in [-0.15, -0.1) is 0 Å². The van der Waals surface area contributed by atoms with Gasteiger partial charge in [-0.05, 0) is 141 Å². The molecule has 391 valence electrons. The Morgan fingerprint density at radius 1 is 0.703 bits per heavy atom. The van der Waals surface area contributed by atoms with Crippen molar-refractivity contribution in [3.05, 3.63) is 136 Å². The topological polar surface area (TPSA) is 224 Å². The summed E-state index contributed by atoms with van der Waals surface area (Å²) in [7, 11) is 0.722. The highest BCUT2D eigenvalue weighted by Gasteiger charge is 2.46. The summed E-state index contributed by atoms with van der Waals surface area (Å²) >= 11 is 0. The van der Waals surface area contributed by atoms with Crippen LogP contribution < -0.4 is 37.6 Å². The Kier molecular flexibility index (Phi) is 16.8. The molecule has 4 aromatic carbocycles. The number of anilines is 1. The van der Waals surface area contributed by atoms with E-state index in [4.69, 9.17) is 5.73 Å². The molecule has 0 bridgehead atoms. The minimum atomic E-state index is -0.952. The first-order valence-electron chi connectivity index (χ1n) is 26.1. The third-order valence-corrected chi connectivity index (χ3v) is 17.1. The number of likely N-dealkylation sites (N-methyl/N-ethyl adjacent to an activating group) is 1. The number of aryl methyl sites for hydroxylation is 2. The quantitative estimate of drug-likeness (QED) is 0.0803. The first-order valence-corrected chi connectivity index (χ1v) is 28.5. The van der Waals surface area contributed by atoms with Crippen LogP contribution >= 0.6 is 0 Å². The summed E-state index contributed by atoms with van der Waals surface area (Å²) in [5, 5.41) is 18.2. The Morgan fingerprint density at radius 2 is 1.26 bits per heavy atom. The average molecular weight is 1020 g/mol. The van der Waals surface area contributed by atoms with Crippen molar-refractivity contribution < 1.29 is 33.6 Å². The predicted octanol–water partition coefficient (Wildman–Crippen LogP) is 4.91. The lowest BCUT2D eigenvalue weighted by Gasteiger charge is -2.36. The average Bonchev–Trinajstić information content (AvgIpc) is 4.01. The van der Waals surface area contributed by atoms with Gasteiger partial charge in [0.2, 0.25) is 29.5 Å². The molecule has 2 aliphatic heterocycles. The standard InChI is InChI=1S/C57H72N9O7Si/c1-34(59-5)50(67)64-49(57(2,3)4)56(73)65-31-41(30-47(65)53(70)62-45-19-11-15-36-13-7-9-17-42(36)45)61-52(69)39-25-27-40(28-26-39)60-51(68)38-23-21-35(22-24-38)29-44(58)55(72)66-33-74(6)32-48(66)54(71)63-46-20-12-16-37-14-8-10-18-43(37)46/h7-10,13-14,17-18,21-28,34,41,44-49,59H,11-12,15-16,19-20,29-33,58H2,1-6H3,(H,60,68)(H,61,69)(H,62,70)(H,63,71)(H,64,67)/t34-,41-,44-,45+,46+,47-,48-,49+/m0/s1. The number of nitrogens with zero attached hydrogens (tertiary/aromatic N) is 2. The molecule has 17 heteroatoms. The summed E-state index contributed by atoms with van der Waals surface area (Å²) in [6.07, 6.45) is 6.40. The lowest BCUT2D eigenvalue weighted by Crippen LogP contribution is -2.59. The number of hydrogen-bond donors (Lipinski definition) is 7. The van der Waals surface area contributed by atoms with Crippen LogP contribution in [0.4, 0.5) is 5.69 Å². The molecule has 16 nitrogen and oxygen atoms in total. The minimum Gasteiger partial charge on any atom is -0.348 e. The molecular formula is C57H72N9O7Si. The number of nitrogens with two attached hydrogens (primary N) is 1. The van der Waals surface area contributed by atoms with Crippen LogP contribution in [0.1, 0.15) is 120 Å². The van der Waals surface area contributed by atoms with E-state index < -0.39 is 62.3 Å². The summed E-state index contributed by atoms with van der Waals surface area (Å²) in [5.74, 6) is -2.24. The van der Waals surface area contributed by atoms with Crippen molar-refractivity contribution in [1.29, 1.82) is 0 Å². The largest absolute Gasteiger partial charge is 0.348 e. The van der Waals surface area contributed by atoms with Crippen LogP contribution in [-0.2, 0) is 43.2 Å². The highest BCUT2D eigenvalue weighted by atomic mass is 28.3. The zero-order valence-corrected chi connectivity index (χ0v) is 44.5. The molecule has 8 atom stereocenters. The molecule has 2 heterocycles. The summed E-state index contributed by atoms with van der Waals surface area (Å²) in [5.41, 5.74) is 12.4. The first kappa shape index (κ1) is 53.6. The van der Waals surface area contributed by atoms with Gasteiger partial charge in [-0.2, -0.15) is 0 Å². The zero-order chi connectivity index (χ0) is 52.8. The van der Waals surface area contributed by atoms with Gasteiger partial charge in [0.05, 0.1) is 33.0 Å². The lowest BCUT2D eigenvalue weighted by molar-refractivity contribution is -0.144. The first-order chi connectivity index (χ1) is 35.4.